The largest absolute Gasteiger partial charge is 0.307 e. The summed E-state index contributed by atoms with van der Waals surface area (Å²) in [5.74, 6) is -1.13. The van der Waals surface area contributed by atoms with Gasteiger partial charge in [-0.05, 0) is 65.0 Å². The van der Waals surface area contributed by atoms with E-state index in [1.165, 1.54) is 46.1 Å². The van der Waals surface area contributed by atoms with Crippen LogP contribution in [-0.4, -0.2) is 22.0 Å². The summed E-state index contributed by atoms with van der Waals surface area (Å²) in [6.45, 7) is 6.57. The Morgan fingerprint density at radius 2 is 1.57 bits per heavy atom. The maximum atomic E-state index is 13.7. The molecule has 5 nitrogen and oxygen atoms in total. The van der Waals surface area contributed by atoms with Crippen LogP contribution in [0, 0.1) is 35.4 Å². The van der Waals surface area contributed by atoms with Gasteiger partial charge in [-0.1, -0.05) is 56.4 Å². The van der Waals surface area contributed by atoms with E-state index < -0.39 is 5.82 Å². The fourth-order valence-corrected chi connectivity index (χ4v) is 10.3. The van der Waals surface area contributed by atoms with Crippen molar-refractivity contribution in [2.24, 2.45) is 29.6 Å². The summed E-state index contributed by atoms with van der Waals surface area (Å²) in [6.07, 6.45) is 0.849. The Kier molecular flexibility index (Phi) is 5.00. The van der Waals surface area contributed by atoms with Gasteiger partial charge in [-0.25, -0.2) is 4.39 Å². The van der Waals surface area contributed by atoms with E-state index in [0.29, 0.717) is 5.69 Å². The Labute approximate surface area is 222 Å². The molecule has 2 amide bonds. The molecule has 3 heterocycles. The van der Waals surface area contributed by atoms with Crippen LogP contribution >= 0.6 is 23.1 Å². The van der Waals surface area contributed by atoms with Crippen LogP contribution in [0.25, 0.3) is 0 Å². The third-order valence-corrected chi connectivity index (χ3v) is 11.5. The minimum Gasteiger partial charge on any atom is -0.307 e. The number of halogens is 1. The number of thioether (sulfide) groups is 1. The molecule has 3 fully saturated rings. The first-order valence-electron chi connectivity index (χ1n) is 12.8. The summed E-state index contributed by atoms with van der Waals surface area (Å²) in [5.41, 5.74) is 2.89. The number of imide groups is 1. The van der Waals surface area contributed by atoms with Crippen molar-refractivity contribution >= 4 is 40.6 Å². The van der Waals surface area contributed by atoms with Crippen molar-refractivity contribution in [1.29, 1.82) is 0 Å². The SMILES string of the molecule is CC(C)(C)c1ccc(C2c3sc(=O)[nH]c3SC3C2[C@H]2C[C@@H]3C3C(=O)N(c4ccc(F)cc4)C(=O)C32)cc1. The summed E-state index contributed by atoms with van der Waals surface area (Å²) in [7, 11) is 0. The van der Waals surface area contributed by atoms with E-state index in [1.807, 2.05) is 0 Å². The summed E-state index contributed by atoms with van der Waals surface area (Å²) >= 11 is 2.97. The van der Waals surface area contributed by atoms with Gasteiger partial charge in [0.25, 0.3) is 0 Å². The van der Waals surface area contributed by atoms with Gasteiger partial charge in [-0.15, -0.1) is 11.8 Å². The van der Waals surface area contributed by atoms with Gasteiger partial charge < -0.3 is 4.98 Å². The molecule has 2 aromatic carbocycles. The first-order valence-corrected chi connectivity index (χ1v) is 14.5. The molecule has 7 atom stereocenters. The second-order valence-corrected chi connectivity index (χ2v) is 14.0. The predicted octanol–water partition coefficient (Wildman–Crippen LogP) is 5.55. The molecule has 0 radical (unpaired) electrons. The van der Waals surface area contributed by atoms with Crippen molar-refractivity contribution in [2.75, 3.05) is 4.90 Å². The first kappa shape index (κ1) is 23.4. The number of hydrogen-bond donors (Lipinski definition) is 1. The number of fused-ring (bicyclic) bond motifs is 9. The van der Waals surface area contributed by atoms with E-state index in [1.54, 1.807) is 11.8 Å². The Morgan fingerprint density at radius 1 is 0.919 bits per heavy atom. The van der Waals surface area contributed by atoms with Gasteiger partial charge >= 0.3 is 4.87 Å². The van der Waals surface area contributed by atoms with Crippen LogP contribution in [-0.2, 0) is 15.0 Å². The smallest absolute Gasteiger partial charge is 0.305 e. The lowest BCUT2D eigenvalue weighted by Crippen LogP contribution is -2.42. The number of anilines is 1. The molecule has 2 aliphatic heterocycles. The van der Waals surface area contributed by atoms with Gasteiger partial charge in [0.1, 0.15) is 5.82 Å². The van der Waals surface area contributed by atoms with Crippen LogP contribution in [0.5, 0.6) is 0 Å². The van der Waals surface area contributed by atoms with Gasteiger partial charge in [0.15, 0.2) is 0 Å². The quantitative estimate of drug-likeness (QED) is 0.438. The van der Waals surface area contributed by atoms with Crippen LogP contribution in [0.3, 0.4) is 0 Å². The lowest BCUT2D eigenvalue weighted by Gasteiger charge is -2.43. The standard InChI is InChI=1S/C29H27FN2O3S2/c1-29(2,3)14-6-4-13(5-7-14)19-20-17-12-18(23(20)36-25-24(19)37-28(35)31-25)22-21(17)26(33)32(27(22)34)16-10-8-15(30)9-11-16/h4-11,17-23H,12H2,1-3H3,(H,31,35)/t17-,18-,19?,20?,21?,22?,23?/m1/s1. The second-order valence-electron chi connectivity index (χ2n) is 11.8. The molecule has 2 saturated carbocycles. The Morgan fingerprint density at radius 3 is 2.22 bits per heavy atom. The number of rotatable bonds is 2. The van der Waals surface area contributed by atoms with E-state index in [9.17, 15) is 18.8 Å². The number of carbonyl (C=O) groups excluding carboxylic acids is 2. The fourth-order valence-electron chi connectivity index (χ4n) is 7.43. The topological polar surface area (TPSA) is 70.2 Å². The molecule has 2 bridgehead atoms. The summed E-state index contributed by atoms with van der Waals surface area (Å²) in [4.78, 5) is 45.2. The average molecular weight is 535 g/mol. The van der Waals surface area contributed by atoms with Gasteiger partial charge in [-0.2, -0.15) is 0 Å². The number of nitrogens with zero attached hydrogens (tertiary/aromatic N) is 1. The molecular weight excluding hydrogens is 507 g/mol. The minimum atomic E-state index is -0.397. The number of thiazole rings is 1. The van der Waals surface area contributed by atoms with Crippen LogP contribution < -0.4 is 9.77 Å². The highest BCUT2D eigenvalue weighted by Crippen LogP contribution is 2.68. The number of H-pyrrole nitrogens is 1. The summed E-state index contributed by atoms with van der Waals surface area (Å²) < 4.78 is 13.5. The molecular formula is C29H27FN2O3S2. The van der Waals surface area contributed by atoms with Crippen LogP contribution in [0.4, 0.5) is 10.1 Å². The normalized spacial score (nSPS) is 32.0. The van der Waals surface area contributed by atoms with E-state index in [-0.39, 0.29) is 62.9 Å². The zero-order valence-electron chi connectivity index (χ0n) is 20.7. The maximum Gasteiger partial charge on any atom is 0.305 e. The molecule has 2 aliphatic carbocycles. The minimum absolute atomic E-state index is 0.0120. The zero-order valence-corrected chi connectivity index (χ0v) is 22.4. The molecule has 1 saturated heterocycles. The Hall–Kier alpha value is -2.71. The van der Waals surface area contributed by atoms with Gasteiger partial charge in [-0.3, -0.25) is 19.3 Å². The molecule has 37 heavy (non-hydrogen) atoms. The molecule has 8 heteroatoms. The van der Waals surface area contributed by atoms with Crippen molar-refractivity contribution < 1.29 is 14.0 Å². The van der Waals surface area contributed by atoms with Crippen LogP contribution in [0.2, 0.25) is 0 Å². The molecule has 4 aliphatic rings. The number of hydrogen-bond acceptors (Lipinski definition) is 5. The number of aromatic nitrogens is 1. The molecule has 190 valence electrons. The summed E-state index contributed by atoms with van der Waals surface area (Å²) in [6, 6.07) is 14.3. The van der Waals surface area contributed by atoms with Crippen molar-refractivity contribution in [3.63, 3.8) is 0 Å². The summed E-state index contributed by atoms with van der Waals surface area (Å²) in [5, 5.41) is 1.07. The van der Waals surface area contributed by atoms with E-state index in [0.717, 1.165) is 21.9 Å². The monoisotopic (exact) mass is 534 g/mol. The molecule has 0 spiro atoms. The van der Waals surface area contributed by atoms with Crippen molar-refractivity contribution in [2.45, 2.75) is 48.8 Å². The Balaban J connectivity index is 1.30. The van der Waals surface area contributed by atoms with Crippen molar-refractivity contribution in [3.8, 4) is 0 Å². The zero-order chi connectivity index (χ0) is 25.8. The van der Waals surface area contributed by atoms with Gasteiger partial charge in [0, 0.05) is 16.0 Å². The lowest BCUT2D eigenvalue weighted by atomic mass is 9.68. The highest BCUT2D eigenvalue weighted by molar-refractivity contribution is 8.00. The molecule has 5 unspecified atom stereocenters. The number of nitrogens with one attached hydrogen (secondary N) is 1. The number of benzene rings is 2. The van der Waals surface area contributed by atoms with Crippen LogP contribution in [0.1, 0.15) is 49.1 Å². The van der Waals surface area contributed by atoms with Gasteiger partial charge in [0.05, 0.1) is 22.5 Å². The lowest BCUT2D eigenvalue weighted by molar-refractivity contribution is -0.123. The Bertz CT molecular complexity index is 1490. The third kappa shape index (κ3) is 3.31. The van der Waals surface area contributed by atoms with Crippen molar-refractivity contribution in [1.82, 2.24) is 4.98 Å². The molecule has 1 aromatic heterocycles. The maximum absolute atomic E-state index is 13.7. The number of carbonyl (C=O) groups is 2. The number of amides is 2. The predicted molar refractivity (Wildman–Crippen MR) is 143 cm³/mol. The van der Waals surface area contributed by atoms with Gasteiger partial charge in [0.2, 0.25) is 11.8 Å². The molecule has 1 N–H and O–H groups in total. The molecule has 3 aromatic rings. The average Bonchev–Trinajstić information content (AvgIpc) is 3.58. The number of aromatic amines is 1. The second kappa shape index (κ2) is 7.90. The van der Waals surface area contributed by atoms with Crippen LogP contribution in [0.15, 0.2) is 58.4 Å². The van der Waals surface area contributed by atoms with E-state index >= 15 is 0 Å². The first-order chi connectivity index (χ1) is 17.6. The molecule has 7 rings (SSSR count). The fraction of sp³-hybridized carbons (Fsp3) is 0.414. The third-order valence-electron chi connectivity index (χ3n) is 8.94. The highest BCUT2D eigenvalue weighted by Gasteiger charge is 2.69. The van der Waals surface area contributed by atoms with Crippen molar-refractivity contribution in [3.05, 3.63) is 80.0 Å². The highest BCUT2D eigenvalue weighted by atomic mass is 32.2. The van der Waals surface area contributed by atoms with E-state index in [4.69, 9.17) is 0 Å². The van der Waals surface area contributed by atoms with E-state index in [2.05, 4.69) is 50.0 Å².